The molecule has 0 aliphatic rings. The van der Waals surface area contributed by atoms with Gasteiger partial charge in [-0.1, -0.05) is 5.92 Å². The molecule has 1 aromatic heterocycles. The highest BCUT2D eigenvalue weighted by Crippen LogP contribution is 2.19. The first kappa shape index (κ1) is 10.5. The third kappa shape index (κ3) is 1.70. The summed E-state index contributed by atoms with van der Waals surface area (Å²) in [5.41, 5.74) is 0.370. The van der Waals surface area contributed by atoms with Gasteiger partial charge in [-0.25, -0.2) is 0 Å². The summed E-state index contributed by atoms with van der Waals surface area (Å²) in [6.07, 6.45) is 0. The Kier molecular flexibility index (Phi) is 3.10. The molecule has 0 N–H and O–H groups in total. The average molecular weight is 214 g/mol. The molecular weight excluding hydrogens is 206 g/mol. The molecule has 0 aliphatic heterocycles. The van der Waals surface area contributed by atoms with Crippen LogP contribution in [0, 0.1) is 22.0 Å². The normalized spacial score (nSPS) is 9.36. The lowest BCUT2D eigenvalue weighted by molar-refractivity contribution is -0.390. The second-order valence-corrected chi connectivity index (χ2v) is 2.80. The number of imidazole rings is 1. The van der Waals surface area contributed by atoms with Crippen molar-refractivity contribution in [3.63, 3.8) is 0 Å². The van der Waals surface area contributed by atoms with E-state index < -0.39 is 4.92 Å². The van der Waals surface area contributed by atoms with Crippen LogP contribution in [0.2, 0.25) is 0 Å². The first-order valence-corrected chi connectivity index (χ1v) is 4.34. The quantitative estimate of drug-likeness (QED) is 0.323. The molecular formula is C8H8ClN3O2. The lowest BCUT2D eigenvalue weighted by Gasteiger charge is -1.95. The summed E-state index contributed by atoms with van der Waals surface area (Å²) in [6, 6.07) is 0. The predicted molar refractivity (Wildman–Crippen MR) is 52.0 cm³/mol. The largest absolute Gasteiger partial charge is 0.387 e. The van der Waals surface area contributed by atoms with Crippen molar-refractivity contribution in [2.45, 2.75) is 12.8 Å². The number of hydrogen-bond donors (Lipinski definition) is 0. The van der Waals surface area contributed by atoms with Crippen LogP contribution in [0.1, 0.15) is 18.4 Å². The summed E-state index contributed by atoms with van der Waals surface area (Å²) in [6.45, 7) is 1.64. The van der Waals surface area contributed by atoms with Crippen LogP contribution in [0.4, 0.5) is 5.82 Å². The van der Waals surface area contributed by atoms with E-state index in [1.165, 1.54) is 4.57 Å². The van der Waals surface area contributed by atoms with Gasteiger partial charge >= 0.3 is 5.82 Å². The Labute approximate surface area is 85.9 Å². The second-order valence-electron chi connectivity index (χ2n) is 2.53. The highest BCUT2D eigenvalue weighted by Gasteiger charge is 2.23. The van der Waals surface area contributed by atoms with Crippen LogP contribution in [-0.4, -0.2) is 14.5 Å². The zero-order valence-electron chi connectivity index (χ0n) is 7.74. The topological polar surface area (TPSA) is 61.0 Å². The lowest BCUT2D eigenvalue weighted by Crippen LogP contribution is -1.98. The van der Waals surface area contributed by atoms with E-state index in [1.54, 1.807) is 14.0 Å². The molecule has 0 bridgehead atoms. The predicted octanol–water partition coefficient (Wildman–Crippen LogP) is 1.44. The number of aromatic nitrogens is 2. The van der Waals surface area contributed by atoms with Crippen molar-refractivity contribution in [3.8, 4) is 11.8 Å². The summed E-state index contributed by atoms with van der Waals surface area (Å²) < 4.78 is 1.53. The Morgan fingerprint density at radius 3 is 2.71 bits per heavy atom. The molecule has 0 saturated heterocycles. The number of hydrogen-bond acceptors (Lipinski definition) is 3. The molecule has 0 fully saturated rings. The maximum absolute atomic E-state index is 10.6. The smallest absolute Gasteiger partial charge is 0.358 e. The monoisotopic (exact) mass is 213 g/mol. The van der Waals surface area contributed by atoms with Gasteiger partial charge in [0.05, 0.1) is 5.88 Å². The summed E-state index contributed by atoms with van der Waals surface area (Å²) in [4.78, 5) is 13.8. The maximum atomic E-state index is 10.6. The molecule has 0 atom stereocenters. The average Bonchev–Trinajstić information content (AvgIpc) is 2.44. The third-order valence-corrected chi connectivity index (χ3v) is 1.98. The first-order valence-electron chi connectivity index (χ1n) is 3.80. The zero-order chi connectivity index (χ0) is 10.7. The number of nitrogens with zero attached hydrogens (tertiary/aromatic N) is 3. The van der Waals surface area contributed by atoms with Crippen molar-refractivity contribution < 1.29 is 4.92 Å². The van der Waals surface area contributed by atoms with Gasteiger partial charge < -0.3 is 10.1 Å². The van der Waals surface area contributed by atoms with Crippen molar-refractivity contribution in [1.82, 2.24) is 9.55 Å². The lowest BCUT2D eigenvalue weighted by atomic mass is 10.5. The fourth-order valence-corrected chi connectivity index (χ4v) is 1.34. The van der Waals surface area contributed by atoms with Gasteiger partial charge in [0.2, 0.25) is 0 Å². The molecule has 0 unspecified atom stereocenters. The molecule has 5 nitrogen and oxygen atoms in total. The van der Waals surface area contributed by atoms with Crippen molar-refractivity contribution in [2.75, 3.05) is 0 Å². The third-order valence-electron chi connectivity index (χ3n) is 1.73. The van der Waals surface area contributed by atoms with E-state index in [2.05, 4.69) is 16.8 Å². The number of rotatable bonds is 2. The van der Waals surface area contributed by atoms with E-state index in [1.807, 2.05) is 0 Å². The minimum atomic E-state index is -0.557. The van der Waals surface area contributed by atoms with Crippen LogP contribution < -0.4 is 0 Å². The molecule has 0 saturated carbocycles. The number of nitro groups is 1. The van der Waals surface area contributed by atoms with Crippen LogP contribution in [0.15, 0.2) is 0 Å². The van der Waals surface area contributed by atoms with E-state index in [0.29, 0.717) is 11.5 Å². The standard InChI is InChI=1S/C8H8ClN3O2/c1-3-4-7-10-8(12(13)14)6(5-9)11(7)2/h5H2,1-2H3. The Morgan fingerprint density at radius 1 is 1.71 bits per heavy atom. The van der Waals surface area contributed by atoms with Gasteiger partial charge in [-0.2, -0.15) is 0 Å². The van der Waals surface area contributed by atoms with Gasteiger partial charge in [-0.15, -0.1) is 11.6 Å². The van der Waals surface area contributed by atoms with Crippen molar-refractivity contribution in [1.29, 1.82) is 0 Å². The minimum Gasteiger partial charge on any atom is -0.358 e. The molecule has 1 aromatic rings. The van der Waals surface area contributed by atoms with Gasteiger partial charge in [0.25, 0.3) is 5.82 Å². The molecule has 0 aliphatic carbocycles. The molecule has 0 aromatic carbocycles. The maximum Gasteiger partial charge on any atom is 0.387 e. The van der Waals surface area contributed by atoms with E-state index >= 15 is 0 Å². The fraction of sp³-hybridized carbons (Fsp3) is 0.375. The highest BCUT2D eigenvalue weighted by molar-refractivity contribution is 6.17. The molecule has 0 amide bonds. The van der Waals surface area contributed by atoms with Crippen LogP contribution in [0.3, 0.4) is 0 Å². The minimum absolute atomic E-state index is 0.0468. The van der Waals surface area contributed by atoms with E-state index in [-0.39, 0.29) is 11.7 Å². The molecule has 6 heteroatoms. The Hall–Kier alpha value is -1.54. The van der Waals surface area contributed by atoms with E-state index in [4.69, 9.17) is 11.6 Å². The molecule has 1 rings (SSSR count). The molecule has 74 valence electrons. The van der Waals surface area contributed by atoms with Gasteiger partial charge in [-0.05, 0) is 22.8 Å². The van der Waals surface area contributed by atoms with Gasteiger partial charge in [-0.3, -0.25) is 4.57 Å². The van der Waals surface area contributed by atoms with Crippen LogP contribution in [0.25, 0.3) is 0 Å². The molecule has 1 heterocycles. The fourth-order valence-electron chi connectivity index (χ4n) is 1.04. The van der Waals surface area contributed by atoms with Crippen LogP contribution in [-0.2, 0) is 12.9 Å². The number of halogens is 1. The van der Waals surface area contributed by atoms with Crippen molar-refractivity contribution >= 4 is 17.4 Å². The summed E-state index contributed by atoms with van der Waals surface area (Å²) in [5, 5.41) is 10.6. The Morgan fingerprint density at radius 2 is 2.36 bits per heavy atom. The number of alkyl halides is 1. The van der Waals surface area contributed by atoms with E-state index in [0.717, 1.165) is 0 Å². The molecule has 0 spiro atoms. The van der Waals surface area contributed by atoms with Crippen LogP contribution in [0.5, 0.6) is 0 Å². The van der Waals surface area contributed by atoms with Gasteiger partial charge in [0.1, 0.15) is 5.69 Å². The van der Waals surface area contributed by atoms with Crippen molar-refractivity contribution in [2.24, 2.45) is 7.05 Å². The van der Waals surface area contributed by atoms with Crippen LogP contribution >= 0.6 is 11.6 Å². The Balaban J connectivity index is 3.36. The van der Waals surface area contributed by atoms with Crippen molar-refractivity contribution in [3.05, 3.63) is 21.6 Å². The summed E-state index contributed by atoms with van der Waals surface area (Å²) in [5.74, 6) is 5.48. The molecule has 0 radical (unpaired) electrons. The van der Waals surface area contributed by atoms with E-state index in [9.17, 15) is 10.1 Å². The summed E-state index contributed by atoms with van der Waals surface area (Å²) in [7, 11) is 1.65. The first-order chi connectivity index (χ1) is 6.61. The zero-order valence-corrected chi connectivity index (χ0v) is 8.50. The second kappa shape index (κ2) is 4.11. The SMILES string of the molecule is CC#Cc1nc([N+](=O)[O-])c(CCl)n1C. The Bertz CT molecular complexity index is 428. The van der Waals surface area contributed by atoms with Gasteiger partial charge in [0.15, 0.2) is 0 Å². The van der Waals surface area contributed by atoms with Gasteiger partial charge in [0, 0.05) is 7.05 Å². The highest BCUT2D eigenvalue weighted by atomic mass is 35.5. The summed E-state index contributed by atoms with van der Waals surface area (Å²) >= 11 is 5.58. The molecule has 14 heavy (non-hydrogen) atoms.